The van der Waals surface area contributed by atoms with Crippen LogP contribution in [0.15, 0.2) is 18.3 Å². The molecule has 0 bridgehead atoms. The summed E-state index contributed by atoms with van der Waals surface area (Å²) in [7, 11) is 0. The number of halogens is 3. The Morgan fingerprint density at radius 3 is 2.48 bits per heavy atom. The number of likely N-dealkylation sites (tertiary alicyclic amines) is 1. The van der Waals surface area contributed by atoms with Crippen LogP contribution in [-0.4, -0.2) is 40.0 Å². The molecular formula is C13H13F3N2O3. The van der Waals surface area contributed by atoms with Crippen molar-refractivity contribution >= 4 is 11.9 Å². The Kier molecular flexibility index (Phi) is 3.65. The third kappa shape index (κ3) is 2.98. The van der Waals surface area contributed by atoms with Crippen LogP contribution in [0.3, 0.4) is 0 Å². The monoisotopic (exact) mass is 302 g/mol. The molecule has 1 aliphatic heterocycles. The fraction of sp³-hybridized carbons (Fsp3) is 0.462. The van der Waals surface area contributed by atoms with Gasteiger partial charge in [0.15, 0.2) is 0 Å². The number of amides is 1. The van der Waals surface area contributed by atoms with Crippen LogP contribution in [0.5, 0.6) is 0 Å². The highest BCUT2D eigenvalue weighted by Crippen LogP contribution is 2.31. The number of rotatable bonds is 2. The molecule has 1 fully saturated rings. The summed E-state index contributed by atoms with van der Waals surface area (Å²) in [5.41, 5.74) is -2.09. The number of carbonyl (C=O) groups is 2. The number of carboxylic acids is 1. The predicted molar refractivity (Wildman–Crippen MR) is 65.5 cm³/mol. The number of nitrogens with zero attached hydrogens (tertiary/aromatic N) is 2. The average Bonchev–Trinajstić information content (AvgIpc) is 2.81. The molecule has 0 radical (unpaired) electrons. The second kappa shape index (κ2) is 5.01. The van der Waals surface area contributed by atoms with Gasteiger partial charge in [0.1, 0.15) is 5.69 Å². The maximum Gasteiger partial charge on any atom is 0.417 e. The maximum absolute atomic E-state index is 12.4. The van der Waals surface area contributed by atoms with E-state index in [4.69, 9.17) is 5.11 Å². The summed E-state index contributed by atoms with van der Waals surface area (Å²) in [5, 5.41) is 9.09. The summed E-state index contributed by atoms with van der Waals surface area (Å²) in [5.74, 6) is -1.56. The van der Waals surface area contributed by atoms with E-state index in [1.54, 1.807) is 0 Å². The van der Waals surface area contributed by atoms with Crippen LogP contribution in [0.2, 0.25) is 0 Å². The van der Waals surface area contributed by atoms with E-state index in [0.29, 0.717) is 12.6 Å². The first-order chi connectivity index (χ1) is 9.63. The zero-order chi connectivity index (χ0) is 15.8. The number of carboxylic acid groups (broad SMARTS) is 1. The molecule has 0 aliphatic carbocycles. The molecule has 1 atom stereocenters. The number of carbonyl (C=O) groups excluding carboxylic acids is 1. The first kappa shape index (κ1) is 15.3. The molecule has 114 valence electrons. The van der Waals surface area contributed by atoms with E-state index in [-0.39, 0.29) is 18.8 Å². The van der Waals surface area contributed by atoms with E-state index in [2.05, 4.69) is 4.98 Å². The Hall–Kier alpha value is -2.12. The Morgan fingerprint density at radius 1 is 1.38 bits per heavy atom. The lowest BCUT2D eigenvalue weighted by Gasteiger charge is -2.20. The molecular weight excluding hydrogens is 289 g/mol. The molecule has 1 saturated heterocycles. The number of hydrogen-bond donors (Lipinski definition) is 1. The van der Waals surface area contributed by atoms with Crippen LogP contribution in [0.25, 0.3) is 0 Å². The van der Waals surface area contributed by atoms with Gasteiger partial charge < -0.3 is 10.0 Å². The second-order valence-corrected chi connectivity index (χ2v) is 5.27. The van der Waals surface area contributed by atoms with Crippen LogP contribution in [0.4, 0.5) is 13.2 Å². The highest BCUT2D eigenvalue weighted by molar-refractivity contribution is 5.93. The zero-order valence-corrected chi connectivity index (χ0v) is 11.1. The minimum Gasteiger partial charge on any atom is -0.481 e. The smallest absolute Gasteiger partial charge is 0.417 e. The summed E-state index contributed by atoms with van der Waals surface area (Å²) in [6, 6.07) is 1.79. The molecule has 5 nitrogen and oxygen atoms in total. The summed E-state index contributed by atoms with van der Waals surface area (Å²) in [6.45, 7) is 1.79. The van der Waals surface area contributed by atoms with Crippen LogP contribution < -0.4 is 0 Å². The van der Waals surface area contributed by atoms with Crippen molar-refractivity contribution in [1.82, 2.24) is 9.88 Å². The normalized spacial score (nSPS) is 22.4. The summed E-state index contributed by atoms with van der Waals surface area (Å²) in [6.07, 6.45) is -3.61. The topological polar surface area (TPSA) is 70.5 Å². The number of alkyl halides is 3. The number of aliphatic carboxylic acids is 1. The lowest BCUT2D eigenvalue weighted by atomic mass is 9.90. The molecule has 0 spiro atoms. The quantitative estimate of drug-likeness (QED) is 0.907. The van der Waals surface area contributed by atoms with Gasteiger partial charge >= 0.3 is 12.1 Å². The molecule has 1 N–H and O–H groups in total. The van der Waals surface area contributed by atoms with E-state index in [1.165, 1.54) is 11.8 Å². The van der Waals surface area contributed by atoms with E-state index < -0.39 is 29.0 Å². The zero-order valence-electron chi connectivity index (χ0n) is 11.1. The van der Waals surface area contributed by atoms with Crippen molar-refractivity contribution in [3.8, 4) is 0 Å². The van der Waals surface area contributed by atoms with Crippen molar-refractivity contribution in [2.24, 2.45) is 5.41 Å². The van der Waals surface area contributed by atoms with Crippen molar-refractivity contribution in [2.75, 3.05) is 13.1 Å². The van der Waals surface area contributed by atoms with E-state index in [1.807, 2.05) is 0 Å². The van der Waals surface area contributed by atoms with Crippen molar-refractivity contribution in [3.63, 3.8) is 0 Å². The minimum absolute atomic E-state index is 0.0177. The molecule has 2 heterocycles. The molecule has 1 amide bonds. The van der Waals surface area contributed by atoms with Crippen molar-refractivity contribution < 1.29 is 27.9 Å². The Bertz CT molecular complexity index is 571. The molecule has 1 aromatic heterocycles. The van der Waals surface area contributed by atoms with Gasteiger partial charge in [-0.05, 0) is 25.5 Å². The lowest BCUT2D eigenvalue weighted by Crippen LogP contribution is -2.35. The van der Waals surface area contributed by atoms with Crippen molar-refractivity contribution in [2.45, 2.75) is 19.5 Å². The second-order valence-electron chi connectivity index (χ2n) is 5.27. The van der Waals surface area contributed by atoms with Gasteiger partial charge in [0.05, 0.1) is 11.0 Å². The standard InChI is InChI=1S/C13H13F3N2O3/c1-12(11(20)21)4-5-18(7-12)10(19)9-3-2-8(6-17-9)13(14,15)16/h2-3,6H,4-5,7H2,1H3,(H,20,21). The maximum atomic E-state index is 12.4. The SMILES string of the molecule is CC1(C(=O)O)CCN(C(=O)c2ccc(C(F)(F)F)cn2)C1. The van der Waals surface area contributed by atoms with Gasteiger partial charge in [-0.15, -0.1) is 0 Å². The van der Waals surface area contributed by atoms with Crippen LogP contribution >= 0.6 is 0 Å². The van der Waals surface area contributed by atoms with Crippen molar-refractivity contribution in [3.05, 3.63) is 29.6 Å². The van der Waals surface area contributed by atoms with Gasteiger partial charge in [0.2, 0.25) is 0 Å². The lowest BCUT2D eigenvalue weighted by molar-refractivity contribution is -0.147. The molecule has 21 heavy (non-hydrogen) atoms. The number of hydrogen-bond acceptors (Lipinski definition) is 3. The van der Waals surface area contributed by atoms with Crippen LogP contribution in [0.1, 0.15) is 29.4 Å². The van der Waals surface area contributed by atoms with E-state index >= 15 is 0 Å². The molecule has 2 rings (SSSR count). The van der Waals surface area contributed by atoms with Gasteiger partial charge in [-0.25, -0.2) is 0 Å². The highest BCUT2D eigenvalue weighted by Gasteiger charge is 2.42. The van der Waals surface area contributed by atoms with Crippen LogP contribution in [-0.2, 0) is 11.0 Å². The summed E-state index contributed by atoms with van der Waals surface area (Å²) >= 11 is 0. The summed E-state index contributed by atoms with van der Waals surface area (Å²) in [4.78, 5) is 28.0. The predicted octanol–water partition coefficient (Wildman–Crippen LogP) is 2.04. The molecule has 1 aromatic rings. The highest BCUT2D eigenvalue weighted by atomic mass is 19.4. The molecule has 0 aromatic carbocycles. The first-order valence-electron chi connectivity index (χ1n) is 6.19. The summed E-state index contributed by atoms with van der Waals surface area (Å²) < 4.78 is 37.2. The van der Waals surface area contributed by atoms with Crippen LogP contribution in [0, 0.1) is 5.41 Å². The van der Waals surface area contributed by atoms with Gasteiger partial charge in [-0.3, -0.25) is 14.6 Å². The molecule has 1 aliphatic rings. The fourth-order valence-corrected chi connectivity index (χ4v) is 2.16. The van der Waals surface area contributed by atoms with Crippen molar-refractivity contribution in [1.29, 1.82) is 0 Å². The first-order valence-corrected chi connectivity index (χ1v) is 6.19. The van der Waals surface area contributed by atoms with Gasteiger partial charge in [0.25, 0.3) is 5.91 Å². The van der Waals surface area contributed by atoms with Gasteiger partial charge in [-0.2, -0.15) is 13.2 Å². The number of aromatic nitrogens is 1. The number of pyridine rings is 1. The van der Waals surface area contributed by atoms with Gasteiger partial charge in [0, 0.05) is 19.3 Å². The van der Waals surface area contributed by atoms with E-state index in [9.17, 15) is 22.8 Å². The van der Waals surface area contributed by atoms with Gasteiger partial charge in [-0.1, -0.05) is 0 Å². The minimum atomic E-state index is -4.51. The Balaban J connectivity index is 2.13. The fourth-order valence-electron chi connectivity index (χ4n) is 2.16. The molecule has 0 saturated carbocycles. The average molecular weight is 302 g/mol. The largest absolute Gasteiger partial charge is 0.481 e. The molecule has 8 heteroatoms. The molecule has 1 unspecified atom stereocenters. The Morgan fingerprint density at radius 2 is 2.05 bits per heavy atom. The Labute approximate surface area is 118 Å². The van der Waals surface area contributed by atoms with E-state index in [0.717, 1.165) is 12.1 Å². The third-order valence-corrected chi connectivity index (χ3v) is 3.59. The third-order valence-electron chi connectivity index (χ3n) is 3.59.